The van der Waals surface area contributed by atoms with Crippen LogP contribution in [-0.4, -0.2) is 15.6 Å². The van der Waals surface area contributed by atoms with E-state index in [-0.39, 0.29) is 5.78 Å². The van der Waals surface area contributed by atoms with Gasteiger partial charge in [0.25, 0.3) is 0 Å². The fraction of sp³-hybridized carbons (Fsp3) is 0.111. The standard InChI is InChI=1S/C9H7BrN2OS/c1-12-3-2-7(11-12)9(13)8-4-6(10)5-14-8/h2-5H,1H3. The number of hydrogen-bond donors (Lipinski definition) is 0. The van der Waals surface area contributed by atoms with E-state index in [2.05, 4.69) is 21.0 Å². The van der Waals surface area contributed by atoms with Gasteiger partial charge in [-0.15, -0.1) is 11.3 Å². The van der Waals surface area contributed by atoms with Gasteiger partial charge < -0.3 is 0 Å². The fourth-order valence-electron chi connectivity index (χ4n) is 1.09. The Balaban J connectivity index is 2.33. The van der Waals surface area contributed by atoms with E-state index in [4.69, 9.17) is 0 Å². The molecule has 0 unspecified atom stereocenters. The highest BCUT2D eigenvalue weighted by Gasteiger charge is 2.13. The van der Waals surface area contributed by atoms with Crippen LogP contribution >= 0.6 is 27.3 Å². The monoisotopic (exact) mass is 270 g/mol. The molecule has 0 atom stereocenters. The first-order valence-electron chi connectivity index (χ1n) is 3.95. The third-order valence-electron chi connectivity index (χ3n) is 1.74. The summed E-state index contributed by atoms with van der Waals surface area (Å²) in [7, 11) is 1.79. The van der Waals surface area contributed by atoms with Gasteiger partial charge in [-0.3, -0.25) is 9.48 Å². The van der Waals surface area contributed by atoms with Crippen LogP contribution in [0.5, 0.6) is 0 Å². The van der Waals surface area contributed by atoms with Crippen molar-refractivity contribution in [2.45, 2.75) is 0 Å². The van der Waals surface area contributed by atoms with Gasteiger partial charge in [-0.1, -0.05) is 0 Å². The molecule has 0 aliphatic rings. The van der Waals surface area contributed by atoms with Gasteiger partial charge in [-0.2, -0.15) is 5.10 Å². The number of carbonyl (C=O) groups is 1. The smallest absolute Gasteiger partial charge is 0.223 e. The number of halogens is 1. The molecule has 0 aliphatic carbocycles. The summed E-state index contributed by atoms with van der Waals surface area (Å²) in [6.07, 6.45) is 1.76. The molecule has 0 bridgehead atoms. The van der Waals surface area contributed by atoms with E-state index >= 15 is 0 Å². The second-order valence-electron chi connectivity index (χ2n) is 2.83. The summed E-state index contributed by atoms with van der Waals surface area (Å²) in [5, 5.41) is 5.94. The third kappa shape index (κ3) is 1.78. The summed E-state index contributed by atoms with van der Waals surface area (Å²) >= 11 is 4.73. The summed E-state index contributed by atoms with van der Waals surface area (Å²) in [6.45, 7) is 0. The molecule has 2 heterocycles. The molecule has 0 spiro atoms. The molecule has 0 saturated heterocycles. The minimum Gasteiger partial charge on any atom is -0.286 e. The molecule has 2 rings (SSSR count). The number of thiophene rings is 1. The lowest BCUT2D eigenvalue weighted by atomic mass is 10.2. The van der Waals surface area contributed by atoms with Crippen LogP contribution in [0.3, 0.4) is 0 Å². The second kappa shape index (κ2) is 3.67. The molecule has 0 aromatic carbocycles. The summed E-state index contributed by atoms with van der Waals surface area (Å²) in [6, 6.07) is 3.53. The fourth-order valence-corrected chi connectivity index (χ4v) is 2.47. The van der Waals surface area contributed by atoms with Crippen LogP contribution in [0.1, 0.15) is 15.4 Å². The average molecular weight is 271 g/mol. The van der Waals surface area contributed by atoms with E-state index in [9.17, 15) is 4.79 Å². The summed E-state index contributed by atoms with van der Waals surface area (Å²) in [5.41, 5.74) is 0.488. The van der Waals surface area contributed by atoms with Crippen LogP contribution in [0.2, 0.25) is 0 Å². The molecule has 14 heavy (non-hydrogen) atoms. The van der Waals surface area contributed by atoms with E-state index in [1.807, 2.05) is 11.4 Å². The van der Waals surface area contributed by atoms with Crippen LogP contribution in [0.4, 0.5) is 0 Å². The van der Waals surface area contributed by atoms with Gasteiger partial charge in [0, 0.05) is 23.1 Å². The first-order chi connectivity index (χ1) is 6.66. The largest absolute Gasteiger partial charge is 0.286 e. The Labute approximate surface area is 93.5 Å². The van der Waals surface area contributed by atoms with Crippen LogP contribution in [0.25, 0.3) is 0 Å². The molecule has 0 amide bonds. The van der Waals surface area contributed by atoms with Crippen LogP contribution < -0.4 is 0 Å². The lowest BCUT2D eigenvalue weighted by Crippen LogP contribution is -2.00. The molecular formula is C9H7BrN2OS. The molecule has 0 fully saturated rings. The highest BCUT2D eigenvalue weighted by molar-refractivity contribution is 9.10. The topological polar surface area (TPSA) is 34.9 Å². The molecule has 0 N–H and O–H groups in total. The van der Waals surface area contributed by atoms with Crippen molar-refractivity contribution in [1.29, 1.82) is 0 Å². The molecule has 0 radical (unpaired) electrons. The van der Waals surface area contributed by atoms with Gasteiger partial charge in [0.05, 0.1) is 4.88 Å². The quantitative estimate of drug-likeness (QED) is 0.786. The molecule has 2 aromatic rings. The van der Waals surface area contributed by atoms with E-state index in [1.165, 1.54) is 11.3 Å². The van der Waals surface area contributed by atoms with Gasteiger partial charge in [-0.25, -0.2) is 0 Å². The van der Waals surface area contributed by atoms with Crippen molar-refractivity contribution in [3.8, 4) is 0 Å². The minimum atomic E-state index is -0.0266. The average Bonchev–Trinajstić information content (AvgIpc) is 2.73. The Morgan fingerprint density at radius 3 is 2.93 bits per heavy atom. The van der Waals surface area contributed by atoms with E-state index in [1.54, 1.807) is 24.0 Å². The first kappa shape index (κ1) is 9.61. The third-order valence-corrected chi connectivity index (χ3v) is 3.43. The molecule has 72 valence electrons. The van der Waals surface area contributed by atoms with Crippen LogP contribution in [-0.2, 0) is 7.05 Å². The van der Waals surface area contributed by atoms with Crippen molar-refractivity contribution in [2.75, 3.05) is 0 Å². The first-order valence-corrected chi connectivity index (χ1v) is 5.62. The Kier molecular flexibility index (Phi) is 2.52. The zero-order valence-electron chi connectivity index (χ0n) is 7.40. The van der Waals surface area contributed by atoms with Gasteiger partial charge in [0.15, 0.2) is 0 Å². The molecule has 0 saturated carbocycles. The van der Waals surface area contributed by atoms with E-state index < -0.39 is 0 Å². The van der Waals surface area contributed by atoms with Gasteiger partial charge >= 0.3 is 0 Å². The molecule has 2 aromatic heterocycles. The van der Waals surface area contributed by atoms with Gasteiger partial charge in [0.2, 0.25) is 5.78 Å². The van der Waals surface area contributed by atoms with Gasteiger partial charge in [-0.05, 0) is 28.1 Å². The van der Waals surface area contributed by atoms with Crippen LogP contribution in [0, 0.1) is 0 Å². The number of hydrogen-bond acceptors (Lipinski definition) is 3. The molecule has 5 heteroatoms. The Morgan fingerprint density at radius 2 is 2.43 bits per heavy atom. The highest BCUT2D eigenvalue weighted by atomic mass is 79.9. The van der Waals surface area contributed by atoms with Crippen molar-refractivity contribution in [2.24, 2.45) is 7.05 Å². The summed E-state index contributed by atoms with van der Waals surface area (Å²) in [5.74, 6) is -0.0266. The highest BCUT2D eigenvalue weighted by Crippen LogP contribution is 2.21. The van der Waals surface area contributed by atoms with Crippen LogP contribution in [0.15, 0.2) is 28.2 Å². The molecule has 3 nitrogen and oxygen atoms in total. The second-order valence-corrected chi connectivity index (χ2v) is 4.66. The SMILES string of the molecule is Cn1ccc(C(=O)c2cc(Br)cs2)n1. The normalized spacial score (nSPS) is 10.4. The number of aromatic nitrogens is 2. The van der Waals surface area contributed by atoms with Crippen molar-refractivity contribution in [3.63, 3.8) is 0 Å². The number of ketones is 1. The van der Waals surface area contributed by atoms with Crippen molar-refractivity contribution in [1.82, 2.24) is 9.78 Å². The van der Waals surface area contributed by atoms with E-state index in [0.29, 0.717) is 10.6 Å². The van der Waals surface area contributed by atoms with Crippen molar-refractivity contribution < 1.29 is 4.79 Å². The van der Waals surface area contributed by atoms with Gasteiger partial charge in [0.1, 0.15) is 5.69 Å². The summed E-state index contributed by atoms with van der Waals surface area (Å²) in [4.78, 5) is 12.5. The predicted octanol–water partition coefficient (Wildman–Crippen LogP) is 2.48. The predicted molar refractivity (Wildman–Crippen MR) is 58.7 cm³/mol. The maximum absolute atomic E-state index is 11.8. The zero-order valence-corrected chi connectivity index (χ0v) is 9.80. The number of nitrogens with zero attached hydrogens (tertiary/aromatic N) is 2. The lowest BCUT2D eigenvalue weighted by Gasteiger charge is -1.90. The summed E-state index contributed by atoms with van der Waals surface area (Å²) < 4.78 is 2.55. The number of carbonyl (C=O) groups excluding carboxylic acids is 1. The molecule has 0 aliphatic heterocycles. The number of aryl methyl sites for hydroxylation is 1. The maximum Gasteiger partial charge on any atom is 0.223 e. The van der Waals surface area contributed by atoms with E-state index in [0.717, 1.165) is 4.47 Å². The Morgan fingerprint density at radius 1 is 1.64 bits per heavy atom. The lowest BCUT2D eigenvalue weighted by molar-refractivity contribution is 0.103. The minimum absolute atomic E-state index is 0.0266. The zero-order chi connectivity index (χ0) is 10.1. The number of rotatable bonds is 2. The Hall–Kier alpha value is -0.940. The van der Waals surface area contributed by atoms with Crippen molar-refractivity contribution >= 4 is 33.0 Å². The molecular weight excluding hydrogens is 264 g/mol. The maximum atomic E-state index is 11.8. The Bertz CT molecular complexity index is 432. The van der Waals surface area contributed by atoms with Crippen molar-refractivity contribution in [3.05, 3.63) is 38.8 Å².